The van der Waals surface area contributed by atoms with Crippen molar-refractivity contribution in [1.82, 2.24) is 9.88 Å². The minimum absolute atomic E-state index is 0.0331. The molecular formula is C19H17Cl2N3O2S. The van der Waals surface area contributed by atoms with Gasteiger partial charge in [0.1, 0.15) is 0 Å². The highest BCUT2D eigenvalue weighted by molar-refractivity contribution is 8.00. The predicted octanol–water partition coefficient (Wildman–Crippen LogP) is 5.07. The Morgan fingerprint density at radius 3 is 2.78 bits per heavy atom. The Balaban J connectivity index is 1.51. The maximum Gasteiger partial charge on any atom is 0.254 e. The normalized spacial score (nSPS) is 14.5. The number of hydrogen-bond acceptors (Lipinski definition) is 4. The molecular weight excluding hydrogens is 405 g/mol. The second-order valence-electron chi connectivity index (χ2n) is 6.12. The van der Waals surface area contributed by atoms with Crippen molar-refractivity contribution in [3.05, 3.63) is 58.2 Å². The average Bonchev–Trinajstić information content (AvgIpc) is 3.10. The van der Waals surface area contributed by atoms with Gasteiger partial charge in [0.2, 0.25) is 0 Å². The lowest BCUT2D eigenvalue weighted by Crippen LogP contribution is -2.40. The number of morpholine rings is 1. The van der Waals surface area contributed by atoms with Crippen molar-refractivity contribution in [2.75, 3.05) is 31.0 Å². The summed E-state index contributed by atoms with van der Waals surface area (Å²) in [6.45, 7) is 2.44. The van der Waals surface area contributed by atoms with E-state index in [1.54, 1.807) is 6.20 Å². The molecule has 1 saturated heterocycles. The fraction of sp³-hybridized carbons (Fsp3) is 0.211. The van der Waals surface area contributed by atoms with Crippen LogP contribution >= 0.6 is 35.1 Å². The zero-order valence-electron chi connectivity index (χ0n) is 14.3. The number of amides is 1. The third kappa shape index (κ3) is 3.89. The summed E-state index contributed by atoms with van der Waals surface area (Å²) in [6.07, 6.45) is 1.72. The number of fused-ring (bicyclic) bond motifs is 1. The number of benzene rings is 2. The first-order chi connectivity index (χ1) is 13.1. The van der Waals surface area contributed by atoms with Crippen molar-refractivity contribution in [3.8, 4) is 0 Å². The van der Waals surface area contributed by atoms with E-state index in [-0.39, 0.29) is 5.91 Å². The lowest BCUT2D eigenvalue weighted by Gasteiger charge is -2.27. The van der Waals surface area contributed by atoms with Crippen LogP contribution in [0.15, 0.2) is 47.5 Å². The quantitative estimate of drug-likeness (QED) is 0.577. The van der Waals surface area contributed by atoms with Gasteiger partial charge < -0.3 is 19.3 Å². The molecule has 2 aromatic carbocycles. The molecule has 1 aliphatic rings. The van der Waals surface area contributed by atoms with Crippen molar-refractivity contribution in [3.63, 3.8) is 0 Å². The highest BCUT2D eigenvalue weighted by Gasteiger charge is 2.18. The SMILES string of the molecule is O=C(c1cccc(SNc2ccc(Cl)c3c(Cl)c[nH]c23)c1)N1CCOCC1. The summed E-state index contributed by atoms with van der Waals surface area (Å²) in [5, 5.41) is 1.98. The lowest BCUT2D eigenvalue weighted by molar-refractivity contribution is 0.0302. The van der Waals surface area contributed by atoms with E-state index in [0.29, 0.717) is 41.9 Å². The topological polar surface area (TPSA) is 57.4 Å². The zero-order chi connectivity index (χ0) is 18.8. The fourth-order valence-corrected chi connectivity index (χ4v) is 4.30. The van der Waals surface area contributed by atoms with E-state index in [1.807, 2.05) is 41.3 Å². The van der Waals surface area contributed by atoms with Gasteiger partial charge in [0.15, 0.2) is 0 Å². The first kappa shape index (κ1) is 18.5. The molecule has 1 aromatic heterocycles. The predicted molar refractivity (Wildman–Crippen MR) is 111 cm³/mol. The van der Waals surface area contributed by atoms with Crippen LogP contribution in [0.4, 0.5) is 5.69 Å². The van der Waals surface area contributed by atoms with Gasteiger partial charge in [0.05, 0.1) is 34.5 Å². The van der Waals surface area contributed by atoms with E-state index in [0.717, 1.165) is 21.5 Å². The van der Waals surface area contributed by atoms with Crippen molar-refractivity contribution in [1.29, 1.82) is 0 Å². The summed E-state index contributed by atoms with van der Waals surface area (Å²) in [7, 11) is 0. The van der Waals surface area contributed by atoms with Gasteiger partial charge in [0, 0.05) is 35.1 Å². The molecule has 140 valence electrons. The Kier molecular flexibility index (Phi) is 5.50. The number of ether oxygens (including phenoxy) is 1. The molecule has 1 fully saturated rings. The van der Waals surface area contributed by atoms with E-state index in [2.05, 4.69) is 9.71 Å². The number of aromatic nitrogens is 1. The monoisotopic (exact) mass is 421 g/mol. The number of H-pyrrole nitrogens is 1. The van der Waals surface area contributed by atoms with Crippen LogP contribution in [-0.4, -0.2) is 42.1 Å². The van der Waals surface area contributed by atoms with Crippen molar-refractivity contribution >= 4 is 57.6 Å². The molecule has 0 aliphatic carbocycles. The maximum atomic E-state index is 12.6. The Labute approximate surface area is 171 Å². The highest BCUT2D eigenvalue weighted by Crippen LogP contribution is 2.36. The summed E-state index contributed by atoms with van der Waals surface area (Å²) < 4.78 is 8.63. The second-order valence-corrected chi connectivity index (χ2v) is 7.81. The molecule has 0 bridgehead atoms. The van der Waals surface area contributed by atoms with Crippen LogP contribution in [0.2, 0.25) is 10.0 Å². The number of nitrogens with one attached hydrogen (secondary N) is 2. The second kappa shape index (κ2) is 8.02. The summed E-state index contributed by atoms with van der Waals surface area (Å²) in [4.78, 5) is 18.6. The van der Waals surface area contributed by atoms with Gasteiger partial charge in [-0.15, -0.1) is 0 Å². The number of hydrogen-bond donors (Lipinski definition) is 2. The number of carbonyl (C=O) groups is 1. The van der Waals surface area contributed by atoms with E-state index in [9.17, 15) is 4.79 Å². The molecule has 4 rings (SSSR count). The van der Waals surface area contributed by atoms with Crippen molar-refractivity contribution < 1.29 is 9.53 Å². The fourth-order valence-electron chi connectivity index (χ4n) is 3.01. The van der Waals surface area contributed by atoms with Crippen molar-refractivity contribution in [2.45, 2.75) is 4.90 Å². The smallest absolute Gasteiger partial charge is 0.254 e. The number of aromatic amines is 1. The Morgan fingerprint density at radius 1 is 1.15 bits per heavy atom. The van der Waals surface area contributed by atoms with Crippen LogP contribution in [0, 0.1) is 0 Å². The molecule has 27 heavy (non-hydrogen) atoms. The minimum Gasteiger partial charge on any atom is -0.378 e. The van der Waals surface area contributed by atoms with Crippen LogP contribution in [0.25, 0.3) is 10.9 Å². The lowest BCUT2D eigenvalue weighted by atomic mass is 10.2. The van der Waals surface area contributed by atoms with Gasteiger partial charge in [-0.05, 0) is 42.3 Å². The molecule has 3 aromatic rings. The summed E-state index contributed by atoms with van der Waals surface area (Å²) in [5.41, 5.74) is 2.39. The van der Waals surface area contributed by atoms with Crippen molar-refractivity contribution in [2.24, 2.45) is 0 Å². The number of nitrogens with zero attached hydrogens (tertiary/aromatic N) is 1. The van der Waals surface area contributed by atoms with Crippen LogP contribution < -0.4 is 4.72 Å². The van der Waals surface area contributed by atoms with E-state index in [1.165, 1.54) is 11.9 Å². The van der Waals surface area contributed by atoms with Gasteiger partial charge >= 0.3 is 0 Å². The molecule has 1 aliphatic heterocycles. The maximum absolute atomic E-state index is 12.6. The van der Waals surface area contributed by atoms with Gasteiger partial charge in [-0.1, -0.05) is 29.3 Å². The first-order valence-electron chi connectivity index (χ1n) is 8.48. The number of rotatable bonds is 4. The standard InChI is InChI=1S/C19H17Cl2N3O2S/c20-14-4-5-16(18-17(14)15(21)11-22-18)23-27-13-3-1-2-12(10-13)19(25)24-6-8-26-9-7-24/h1-5,10-11,22-23H,6-9H2. The van der Waals surface area contributed by atoms with Gasteiger partial charge in [-0.3, -0.25) is 4.79 Å². The highest BCUT2D eigenvalue weighted by atomic mass is 35.5. The summed E-state index contributed by atoms with van der Waals surface area (Å²) in [5.74, 6) is 0.0331. The molecule has 8 heteroatoms. The van der Waals surface area contributed by atoms with Crippen LogP contribution in [0.5, 0.6) is 0 Å². The van der Waals surface area contributed by atoms with E-state index in [4.69, 9.17) is 27.9 Å². The van der Waals surface area contributed by atoms with E-state index >= 15 is 0 Å². The van der Waals surface area contributed by atoms with Crippen LogP contribution in [0.3, 0.4) is 0 Å². The molecule has 0 atom stereocenters. The molecule has 2 heterocycles. The number of carbonyl (C=O) groups excluding carboxylic acids is 1. The van der Waals surface area contributed by atoms with E-state index < -0.39 is 0 Å². The Hall–Kier alpha value is -1.86. The third-order valence-electron chi connectivity index (χ3n) is 4.39. The van der Waals surface area contributed by atoms with Crippen LogP contribution in [0.1, 0.15) is 10.4 Å². The summed E-state index contributed by atoms with van der Waals surface area (Å²) in [6, 6.07) is 11.3. The van der Waals surface area contributed by atoms with Gasteiger partial charge in [0.25, 0.3) is 5.91 Å². The molecule has 0 spiro atoms. The molecule has 0 saturated carbocycles. The molecule has 0 radical (unpaired) electrons. The van der Waals surface area contributed by atoms with Crippen LogP contribution in [-0.2, 0) is 4.74 Å². The number of anilines is 1. The van der Waals surface area contributed by atoms with Gasteiger partial charge in [-0.25, -0.2) is 0 Å². The summed E-state index contributed by atoms with van der Waals surface area (Å²) >= 11 is 13.9. The average molecular weight is 422 g/mol. The first-order valence-corrected chi connectivity index (χ1v) is 10.1. The number of halogens is 2. The minimum atomic E-state index is 0.0331. The third-order valence-corrected chi connectivity index (χ3v) is 5.82. The molecule has 0 unspecified atom stereocenters. The Morgan fingerprint density at radius 2 is 1.96 bits per heavy atom. The molecule has 1 amide bonds. The largest absolute Gasteiger partial charge is 0.378 e. The molecule has 5 nitrogen and oxygen atoms in total. The molecule has 2 N–H and O–H groups in total. The Bertz CT molecular complexity index is 986. The zero-order valence-corrected chi connectivity index (χ0v) is 16.6. The van der Waals surface area contributed by atoms with Gasteiger partial charge in [-0.2, -0.15) is 0 Å².